The molecule has 0 aliphatic heterocycles. The van der Waals surface area contributed by atoms with E-state index in [0.717, 1.165) is 24.9 Å². The molecular weight excluding hydrogens is 186 g/mol. The number of hydrogen-bond donors (Lipinski definition) is 2. The Morgan fingerprint density at radius 2 is 2.07 bits per heavy atom. The van der Waals surface area contributed by atoms with Gasteiger partial charge in [0.1, 0.15) is 0 Å². The van der Waals surface area contributed by atoms with Gasteiger partial charge in [-0.1, -0.05) is 37.5 Å². The maximum absolute atomic E-state index is 9.45. The van der Waals surface area contributed by atoms with E-state index in [1.807, 2.05) is 30.3 Å². The van der Waals surface area contributed by atoms with Gasteiger partial charge in [-0.15, -0.1) is 0 Å². The molecule has 1 aromatic rings. The number of hydrogen-bond acceptors (Lipinski definition) is 2. The third-order valence-electron chi connectivity index (χ3n) is 2.00. The summed E-state index contributed by atoms with van der Waals surface area (Å²) < 4.78 is 0. The van der Waals surface area contributed by atoms with E-state index >= 15 is 0 Å². The van der Waals surface area contributed by atoms with Crippen molar-refractivity contribution >= 4 is 0 Å². The molecule has 0 aromatic heterocycles. The van der Waals surface area contributed by atoms with E-state index in [2.05, 4.69) is 24.1 Å². The predicted molar refractivity (Wildman–Crippen MR) is 62.2 cm³/mol. The highest BCUT2D eigenvalue weighted by Gasteiger charge is 1.94. The maximum atomic E-state index is 9.45. The van der Waals surface area contributed by atoms with Gasteiger partial charge in [0.2, 0.25) is 0 Å². The van der Waals surface area contributed by atoms with Gasteiger partial charge < -0.3 is 5.11 Å². The third-order valence-corrected chi connectivity index (χ3v) is 2.00. The lowest BCUT2D eigenvalue weighted by molar-refractivity contribution is 0.193. The van der Waals surface area contributed by atoms with Gasteiger partial charge in [-0.25, -0.2) is 0 Å². The standard InChI is InChI=1S/C13H17NO/c1-2-3-11-14-13(15)10-9-12-7-5-4-6-8-12/h4-8,13-15H,2-3,11H2,1H3. The van der Waals surface area contributed by atoms with Crippen LogP contribution in [0.2, 0.25) is 0 Å². The molecule has 0 aliphatic rings. The minimum atomic E-state index is -0.725. The lowest BCUT2D eigenvalue weighted by Crippen LogP contribution is -2.27. The average Bonchev–Trinajstić information content (AvgIpc) is 2.28. The highest BCUT2D eigenvalue weighted by atomic mass is 16.3. The topological polar surface area (TPSA) is 32.3 Å². The predicted octanol–water partition coefficient (Wildman–Crippen LogP) is 1.75. The molecule has 0 bridgehead atoms. The Balaban J connectivity index is 2.37. The zero-order valence-corrected chi connectivity index (χ0v) is 9.03. The SMILES string of the molecule is CCCCNC(O)C#Cc1ccccc1. The van der Waals surface area contributed by atoms with Gasteiger partial charge in [0.05, 0.1) is 0 Å². The van der Waals surface area contributed by atoms with Crippen LogP contribution < -0.4 is 5.32 Å². The molecule has 0 saturated heterocycles. The first-order chi connectivity index (χ1) is 7.33. The first kappa shape index (κ1) is 11.8. The number of benzene rings is 1. The number of aliphatic hydroxyl groups is 1. The zero-order valence-electron chi connectivity index (χ0n) is 9.03. The van der Waals surface area contributed by atoms with Crippen molar-refractivity contribution in [1.29, 1.82) is 0 Å². The van der Waals surface area contributed by atoms with Gasteiger partial charge in [-0.2, -0.15) is 0 Å². The molecule has 1 rings (SSSR count). The Bertz CT molecular complexity index is 323. The lowest BCUT2D eigenvalue weighted by atomic mass is 10.2. The van der Waals surface area contributed by atoms with E-state index in [4.69, 9.17) is 0 Å². The maximum Gasteiger partial charge on any atom is 0.168 e. The van der Waals surface area contributed by atoms with E-state index in [9.17, 15) is 5.11 Å². The quantitative estimate of drug-likeness (QED) is 0.444. The van der Waals surface area contributed by atoms with Crippen LogP contribution in [0.3, 0.4) is 0 Å². The second-order valence-corrected chi connectivity index (χ2v) is 3.35. The second kappa shape index (κ2) is 7.05. The minimum Gasteiger partial charge on any atom is -0.367 e. The first-order valence-corrected chi connectivity index (χ1v) is 5.31. The highest BCUT2D eigenvalue weighted by molar-refractivity contribution is 5.34. The van der Waals surface area contributed by atoms with Crippen LogP contribution in [-0.4, -0.2) is 17.9 Å². The third kappa shape index (κ3) is 5.21. The van der Waals surface area contributed by atoms with E-state index in [1.54, 1.807) is 0 Å². The normalized spacial score (nSPS) is 11.6. The Labute approximate surface area is 91.3 Å². The van der Waals surface area contributed by atoms with Crippen molar-refractivity contribution in [3.05, 3.63) is 35.9 Å². The molecule has 0 amide bonds. The summed E-state index contributed by atoms with van der Waals surface area (Å²) in [7, 11) is 0. The van der Waals surface area contributed by atoms with Crippen molar-refractivity contribution in [2.75, 3.05) is 6.54 Å². The van der Waals surface area contributed by atoms with Gasteiger partial charge in [-0.05, 0) is 31.0 Å². The molecule has 0 spiro atoms. The molecule has 15 heavy (non-hydrogen) atoms. The molecule has 0 aliphatic carbocycles. The molecule has 2 N–H and O–H groups in total. The molecule has 0 radical (unpaired) electrons. The fourth-order valence-corrected chi connectivity index (χ4v) is 1.14. The number of nitrogens with one attached hydrogen (secondary N) is 1. The summed E-state index contributed by atoms with van der Waals surface area (Å²) in [5.74, 6) is 5.66. The van der Waals surface area contributed by atoms with Crippen molar-refractivity contribution in [2.24, 2.45) is 0 Å². The molecule has 0 saturated carbocycles. The Morgan fingerprint density at radius 3 is 2.73 bits per heavy atom. The largest absolute Gasteiger partial charge is 0.367 e. The summed E-state index contributed by atoms with van der Waals surface area (Å²) in [5.41, 5.74) is 0.925. The smallest absolute Gasteiger partial charge is 0.168 e. The van der Waals surface area contributed by atoms with Crippen molar-refractivity contribution in [3.8, 4) is 11.8 Å². The Hall–Kier alpha value is -1.30. The van der Waals surface area contributed by atoms with Crippen LogP contribution in [-0.2, 0) is 0 Å². The van der Waals surface area contributed by atoms with Crippen LogP contribution >= 0.6 is 0 Å². The average molecular weight is 203 g/mol. The van der Waals surface area contributed by atoms with E-state index in [0.29, 0.717) is 0 Å². The minimum absolute atomic E-state index is 0.725. The lowest BCUT2D eigenvalue weighted by Gasteiger charge is -2.04. The molecule has 1 atom stereocenters. The summed E-state index contributed by atoms with van der Waals surface area (Å²) in [6.07, 6.45) is 1.45. The van der Waals surface area contributed by atoms with Crippen molar-refractivity contribution in [2.45, 2.75) is 26.0 Å². The van der Waals surface area contributed by atoms with E-state index in [1.165, 1.54) is 0 Å². The van der Waals surface area contributed by atoms with Crippen LogP contribution in [0.4, 0.5) is 0 Å². The van der Waals surface area contributed by atoms with Gasteiger partial charge in [0.15, 0.2) is 6.23 Å². The second-order valence-electron chi connectivity index (χ2n) is 3.35. The molecule has 2 nitrogen and oxygen atoms in total. The number of aliphatic hydroxyl groups excluding tert-OH is 1. The van der Waals surface area contributed by atoms with Crippen molar-refractivity contribution < 1.29 is 5.11 Å². The van der Waals surface area contributed by atoms with Gasteiger partial charge in [0.25, 0.3) is 0 Å². The fourth-order valence-electron chi connectivity index (χ4n) is 1.14. The Morgan fingerprint density at radius 1 is 1.33 bits per heavy atom. The van der Waals surface area contributed by atoms with Crippen LogP contribution in [0.5, 0.6) is 0 Å². The monoisotopic (exact) mass is 203 g/mol. The van der Waals surface area contributed by atoms with Crippen LogP contribution in [0.25, 0.3) is 0 Å². The van der Waals surface area contributed by atoms with Crippen LogP contribution in [0, 0.1) is 11.8 Å². The molecule has 80 valence electrons. The summed E-state index contributed by atoms with van der Waals surface area (Å²) in [6.45, 7) is 2.92. The van der Waals surface area contributed by atoms with Crippen molar-refractivity contribution in [1.82, 2.24) is 5.32 Å². The molecule has 0 fully saturated rings. The summed E-state index contributed by atoms with van der Waals surface area (Å²) in [4.78, 5) is 0. The fraction of sp³-hybridized carbons (Fsp3) is 0.385. The van der Waals surface area contributed by atoms with Crippen LogP contribution in [0.15, 0.2) is 30.3 Å². The summed E-state index contributed by atoms with van der Waals surface area (Å²) >= 11 is 0. The number of rotatable bonds is 4. The van der Waals surface area contributed by atoms with Crippen LogP contribution in [0.1, 0.15) is 25.3 Å². The van der Waals surface area contributed by atoms with Crippen molar-refractivity contribution in [3.63, 3.8) is 0 Å². The first-order valence-electron chi connectivity index (χ1n) is 5.31. The Kier molecular flexibility index (Phi) is 5.54. The molecule has 0 heterocycles. The van der Waals surface area contributed by atoms with Gasteiger partial charge in [0, 0.05) is 5.56 Å². The van der Waals surface area contributed by atoms with Gasteiger partial charge >= 0.3 is 0 Å². The van der Waals surface area contributed by atoms with E-state index in [-0.39, 0.29) is 0 Å². The molecule has 2 heteroatoms. The van der Waals surface area contributed by atoms with E-state index < -0.39 is 6.23 Å². The summed E-state index contributed by atoms with van der Waals surface area (Å²) in [5, 5.41) is 12.4. The highest BCUT2D eigenvalue weighted by Crippen LogP contribution is 1.94. The molecular formula is C13H17NO. The number of unbranched alkanes of at least 4 members (excludes halogenated alkanes) is 1. The zero-order chi connectivity index (χ0) is 10.9. The molecule has 1 unspecified atom stereocenters. The van der Waals surface area contributed by atoms with Gasteiger partial charge in [-0.3, -0.25) is 5.32 Å². The summed E-state index contributed by atoms with van der Waals surface area (Å²) in [6, 6.07) is 9.65. The molecule has 1 aromatic carbocycles.